The van der Waals surface area contributed by atoms with Crippen LogP contribution in [0.25, 0.3) is 0 Å². The minimum absolute atomic E-state index is 0.829. The summed E-state index contributed by atoms with van der Waals surface area (Å²) in [6.45, 7) is 5.83. The van der Waals surface area contributed by atoms with Crippen molar-refractivity contribution in [1.82, 2.24) is 4.90 Å². The highest BCUT2D eigenvalue weighted by Crippen LogP contribution is 2.23. The molecule has 0 bridgehead atoms. The third-order valence-electron chi connectivity index (χ3n) is 3.98. The quantitative estimate of drug-likeness (QED) is 0.707. The second-order valence-electron chi connectivity index (χ2n) is 5.30. The predicted molar refractivity (Wildman–Crippen MR) is 68.0 cm³/mol. The van der Waals surface area contributed by atoms with Gasteiger partial charge in [-0.15, -0.1) is 11.6 Å². The Morgan fingerprint density at radius 2 is 1.94 bits per heavy atom. The maximum absolute atomic E-state index is 5.84. The highest BCUT2D eigenvalue weighted by atomic mass is 35.5. The molecule has 1 atom stereocenters. The molecular weight excluding hydrogens is 222 g/mol. The fraction of sp³-hybridized carbons (Fsp3) is 1.00. The largest absolute Gasteiger partial charge is 0.381 e. The van der Waals surface area contributed by atoms with Gasteiger partial charge in [-0.05, 0) is 50.5 Å². The third kappa shape index (κ3) is 3.90. The van der Waals surface area contributed by atoms with E-state index in [1.165, 1.54) is 51.7 Å². The van der Waals surface area contributed by atoms with E-state index in [2.05, 4.69) is 4.90 Å². The summed E-state index contributed by atoms with van der Waals surface area (Å²) in [5.41, 5.74) is 0. The average molecular weight is 246 g/mol. The van der Waals surface area contributed by atoms with E-state index in [1.54, 1.807) is 0 Å². The minimum Gasteiger partial charge on any atom is -0.381 e. The molecule has 2 nitrogen and oxygen atoms in total. The van der Waals surface area contributed by atoms with Crippen LogP contribution in [0, 0.1) is 11.8 Å². The van der Waals surface area contributed by atoms with Crippen LogP contribution >= 0.6 is 11.6 Å². The van der Waals surface area contributed by atoms with Crippen molar-refractivity contribution in [3.05, 3.63) is 0 Å². The number of hydrogen-bond acceptors (Lipinski definition) is 2. The monoisotopic (exact) mass is 245 g/mol. The lowest BCUT2D eigenvalue weighted by Gasteiger charge is -2.35. The van der Waals surface area contributed by atoms with E-state index in [0.29, 0.717) is 0 Å². The molecule has 2 rings (SSSR count). The molecule has 94 valence electrons. The number of ether oxygens (including phenoxy) is 1. The van der Waals surface area contributed by atoms with E-state index >= 15 is 0 Å². The topological polar surface area (TPSA) is 12.5 Å². The number of alkyl halides is 1. The summed E-state index contributed by atoms with van der Waals surface area (Å²) in [4.78, 5) is 2.66. The van der Waals surface area contributed by atoms with Crippen molar-refractivity contribution >= 4 is 11.6 Å². The van der Waals surface area contributed by atoms with Crippen molar-refractivity contribution in [2.45, 2.75) is 32.1 Å². The number of rotatable bonds is 4. The Kier molecular flexibility index (Phi) is 5.40. The summed E-state index contributed by atoms with van der Waals surface area (Å²) in [5.74, 6) is 2.56. The van der Waals surface area contributed by atoms with Crippen molar-refractivity contribution in [3.8, 4) is 0 Å². The smallest absolute Gasteiger partial charge is 0.0469 e. The zero-order valence-corrected chi connectivity index (χ0v) is 10.9. The number of likely N-dealkylation sites (tertiary alicyclic amines) is 1. The second-order valence-corrected chi connectivity index (χ2v) is 5.68. The first-order valence-corrected chi connectivity index (χ1v) is 7.28. The molecule has 2 aliphatic heterocycles. The van der Waals surface area contributed by atoms with Crippen LogP contribution in [0.15, 0.2) is 0 Å². The highest BCUT2D eigenvalue weighted by molar-refractivity contribution is 6.17. The Morgan fingerprint density at radius 1 is 1.12 bits per heavy atom. The Hall–Kier alpha value is 0.210. The number of piperidine rings is 1. The van der Waals surface area contributed by atoms with Gasteiger partial charge in [0, 0.05) is 32.2 Å². The maximum Gasteiger partial charge on any atom is 0.0469 e. The van der Waals surface area contributed by atoms with Crippen molar-refractivity contribution in [3.63, 3.8) is 0 Å². The molecule has 2 aliphatic rings. The molecule has 0 saturated carbocycles. The maximum atomic E-state index is 5.84. The van der Waals surface area contributed by atoms with Crippen LogP contribution in [0.5, 0.6) is 0 Å². The summed E-state index contributed by atoms with van der Waals surface area (Å²) < 4.78 is 5.41. The van der Waals surface area contributed by atoms with Crippen LogP contribution in [0.3, 0.4) is 0 Å². The zero-order valence-electron chi connectivity index (χ0n) is 10.2. The van der Waals surface area contributed by atoms with E-state index in [0.717, 1.165) is 30.9 Å². The minimum atomic E-state index is 0.829. The summed E-state index contributed by atoms with van der Waals surface area (Å²) in [6.07, 6.45) is 6.47. The van der Waals surface area contributed by atoms with Gasteiger partial charge in [-0.3, -0.25) is 0 Å². The van der Waals surface area contributed by atoms with E-state index in [9.17, 15) is 0 Å². The van der Waals surface area contributed by atoms with E-state index < -0.39 is 0 Å². The first-order chi connectivity index (χ1) is 7.88. The molecule has 0 spiro atoms. The van der Waals surface area contributed by atoms with Gasteiger partial charge in [-0.1, -0.05) is 0 Å². The van der Waals surface area contributed by atoms with Crippen molar-refractivity contribution < 1.29 is 4.74 Å². The van der Waals surface area contributed by atoms with Crippen LogP contribution in [0.4, 0.5) is 0 Å². The average Bonchev–Trinajstić information content (AvgIpc) is 2.31. The molecule has 0 N–H and O–H groups in total. The molecule has 1 unspecified atom stereocenters. The Morgan fingerprint density at radius 3 is 2.69 bits per heavy atom. The van der Waals surface area contributed by atoms with Gasteiger partial charge in [0.2, 0.25) is 0 Å². The van der Waals surface area contributed by atoms with E-state index in [1.807, 2.05) is 0 Å². The van der Waals surface area contributed by atoms with Crippen LogP contribution in [0.2, 0.25) is 0 Å². The fourth-order valence-corrected chi connectivity index (χ4v) is 3.31. The first kappa shape index (κ1) is 12.7. The first-order valence-electron chi connectivity index (χ1n) is 6.74. The van der Waals surface area contributed by atoms with Crippen molar-refractivity contribution in [1.29, 1.82) is 0 Å². The molecule has 0 aromatic carbocycles. The standard InChI is InChI=1S/C13H24ClNO/c14-6-3-12-2-1-7-15(10-12)11-13-4-8-16-9-5-13/h12-13H,1-11H2. The predicted octanol–water partition coefficient (Wildman–Crippen LogP) is 2.75. The molecule has 3 heteroatoms. The molecule has 0 aliphatic carbocycles. The molecule has 0 radical (unpaired) electrons. The van der Waals surface area contributed by atoms with Gasteiger partial charge < -0.3 is 9.64 Å². The lowest BCUT2D eigenvalue weighted by molar-refractivity contribution is 0.0451. The van der Waals surface area contributed by atoms with Gasteiger partial charge in [0.25, 0.3) is 0 Å². The molecular formula is C13H24ClNO. The summed E-state index contributed by atoms with van der Waals surface area (Å²) in [7, 11) is 0. The molecule has 16 heavy (non-hydrogen) atoms. The third-order valence-corrected chi connectivity index (χ3v) is 4.20. The van der Waals surface area contributed by atoms with Gasteiger partial charge in [0.15, 0.2) is 0 Å². The Bertz CT molecular complexity index is 192. The number of halogens is 1. The van der Waals surface area contributed by atoms with Gasteiger partial charge in [-0.25, -0.2) is 0 Å². The Balaban J connectivity index is 1.71. The summed E-state index contributed by atoms with van der Waals surface area (Å²) >= 11 is 5.84. The molecule has 0 amide bonds. The fourth-order valence-electron chi connectivity index (χ4n) is 3.00. The SMILES string of the molecule is ClCCC1CCCN(CC2CCOCC2)C1. The molecule has 0 aromatic heterocycles. The van der Waals surface area contributed by atoms with Crippen LogP contribution in [-0.4, -0.2) is 43.6 Å². The lowest BCUT2D eigenvalue weighted by atomic mass is 9.93. The summed E-state index contributed by atoms with van der Waals surface area (Å²) in [5, 5.41) is 0. The second kappa shape index (κ2) is 6.83. The van der Waals surface area contributed by atoms with Gasteiger partial charge in [-0.2, -0.15) is 0 Å². The van der Waals surface area contributed by atoms with Crippen LogP contribution in [0.1, 0.15) is 32.1 Å². The number of hydrogen-bond donors (Lipinski definition) is 0. The molecule has 0 aromatic rings. The summed E-state index contributed by atoms with van der Waals surface area (Å²) in [6, 6.07) is 0. The highest BCUT2D eigenvalue weighted by Gasteiger charge is 2.23. The van der Waals surface area contributed by atoms with Crippen LogP contribution < -0.4 is 0 Å². The number of nitrogens with zero attached hydrogens (tertiary/aromatic N) is 1. The van der Waals surface area contributed by atoms with Gasteiger partial charge in [0.1, 0.15) is 0 Å². The normalized spacial score (nSPS) is 29.4. The van der Waals surface area contributed by atoms with Crippen LogP contribution in [-0.2, 0) is 4.74 Å². The molecule has 2 saturated heterocycles. The Labute approximate surface area is 104 Å². The zero-order chi connectivity index (χ0) is 11.2. The van der Waals surface area contributed by atoms with E-state index in [4.69, 9.17) is 16.3 Å². The van der Waals surface area contributed by atoms with Crippen molar-refractivity contribution in [2.75, 3.05) is 38.7 Å². The van der Waals surface area contributed by atoms with Gasteiger partial charge >= 0.3 is 0 Å². The van der Waals surface area contributed by atoms with E-state index in [-0.39, 0.29) is 0 Å². The van der Waals surface area contributed by atoms with Gasteiger partial charge in [0.05, 0.1) is 0 Å². The molecule has 2 heterocycles. The molecule has 2 fully saturated rings. The van der Waals surface area contributed by atoms with Crippen molar-refractivity contribution in [2.24, 2.45) is 11.8 Å². The lowest BCUT2D eigenvalue weighted by Crippen LogP contribution is -2.39.